The van der Waals surface area contributed by atoms with Gasteiger partial charge in [0.05, 0.1) is 13.7 Å². The Morgan fingerprint density at radius 2 is 1.82 bits per heavy atom. The number of nitrogens with one attached hydrogen (secondary N) is 2. The van der Waals surface area contributed by atoms with Gasteiger partial charge in [0.1, 0.15) is 52.3 Å². The Hall–Kier alpha value is -4.81. The number of anilines is 1. The summed E-state index contributed by atoms with van der Waals surface area (Å²) in [5.41, 5.74) is -4.20. The minimum atomic E-state index is -4.49. The van der Waals surface area contributed by atoms with Gasteiger partial charge in [-0.1, -0.05) is 26.0 Å². The smallest absolute Gasteiger partial charge is 0.408 e. The highest BCUT2D eigenvalue weighted by Crippen LogP contribution is 2.48. The molecule has 15 nitrogen and oxygen atoms in total. The molecule has 1 aromatic heterocycles. The highest BCUT2D eigenvalue weighted by Gasteiger charge is 2.64. The van der Waals surface area contributed by atoms with Crippen LogP contribution in [0.25, 0.3) is 10.8 Å². The standard InChI is InChI=1S/C43H59F3N6O9S/c1-9-50(7)33-20-27-19-29(60-8)14-15-31(27)36(47-33)61-30-21-32-35(53)48-43(38(55)49-62(58,59)42(24-44)16-17-42)22-28(43)13-11-10-12-25(2)18-26(3)34(37(54)51(32)23-30)52(39(56)57)40(4,5)41(6,45)46/h11,13-15,19-20,25-26,28,30,32,34H,9-10,12,16-18,21-24H2,1-8H3,(H,48,53)(H,49,55)(H,56,57)/b13-11-/t25-,26+,28+,30+,32-,34-,43+/m0/s1. The maximum absolute atomic E-state index is 15.5. The lowest BCUT2D eigenvalue weighted by atomic mass is 9.84. The van der Waals surface area contributed by atoms with Crippen molar-refractivity contribution in [1.29, 1.82) is 0 Å². The molecule has 2 aliphatic carbocycles. The number of ether oxygens (including phenoxy) is 2. The van der Waals surface area contributed by atoms with Crippen LogP contribution in [-0.2, 0) is 24.4 Å². The normalized spacial score (nSPS) is 28.3. The molecule has 19 heteroatoms. The summed E-state index contributed by atoms with van der Waals surface area (Å²) in [6, 6.07) is 3.97. The summed E-state index contributed by atoms with van der Waals surface area (Å²) in [4.78, 5) is 65.5. The minimum absolute atomic E-state index is 0.00129. The summed E-state index contributed by atoms with van der Waals surface area (Å²) in [5, 5.41) is 14.7. The first-order valence-corrected chi connectivity index (χ1v) is 22.6. The largest absolute Gasteiger partial charge is 0.497 e. The van der Waals surface area contributed by atoms with Crippen LogP contribution in [0.2, 0.25) is 0 Å². The molecule has 4 aliphatic rings. The zero-order valence-corrected chi connectivity index (χ0v) is 37.4. The molecule has 0 radical (unpaired) electrons. The van der Waals surface area contributed by atoms with Crippen LogP contribution in [-0.4, -0.2) is 126 Å². The summed E-state index contributed by atoms with van der Waals surface area (Å²) in [7, 11) is -1.12. The molecule has 0 spiro atoms. The van der Waals surface area contributed by atoms with Crippen molar-refractivity contribution in [3.05, 3.63) is 36.4 Å². The lowest BCUT2D eigenvalue weighted by molar-refractivity contribution is -0.156. The van der Waals surface area contributed by atoms with E-state index in [1.807, 2.05) is 36.6 Å². The minimum Gasteiger partial charge on any atom is -0.497 e. The first-order valence-electron chi connectivity index (χ1n) is 21.1. The second kappa shape index (κ2) is 17.1. The van der Waals surface area contributed by atoms with Crippen LogP contribution in [0.3, 0.4) is 0 Å². The van der Waals surface area contributed by atoms with Crippen LogP contribution < -0.4 is 24.4 Å². The quantitative estimate of drug-likeness (QED) is 0.223. The highest BCUT2D eigenvalue weighted by molar-refractivity contribution is 7.91. The molecular weight excluding hydrogens is 834 g/mol. The van der Waals surface area contributed by atoms with Crippen molar-refractivity contribution in [1.82, 2.24) is 24.8 Å². The fourth-order valence-electron chi connectivity index (χ4n) is 8.74. The number of pyridine rings is 1. The number of rotatable bonds is 12. The summed E-state index contributed by atoms with van der Waals surface area (Å²) in [6.45, 7) is 7.24. The number of hydrogen-bond acceptors (Lipinski definition) is 10. The summed E-state index contributed by atoms with van der Waals surface area (Å²) in [5.74, 6) is -6.82. The summed E-state index contributed by atoms with van der Waals surface area (Å²) < 4.78 is 83.7. The number of allylic oxidation sites excluding steroid dienone is 1. The summed E-state index contributed by atoms with van der Waals surface area (Å²) in [6.07, 6.45) is 1.90. The van der Waals surface area contributed by atoms with Crippen molar-refractivity contribution in [2.24, 2.45) is 17.8 Å². The van der Waals surface area contributed by atoms with Gasteiger partial charge in [-0.15, -0.1) is 0 Å². The van der Waals surface area contributed by atoms with Gasteiger partial charge in [-0.25, -0.2) is 26.4 Å². The molecule has 2 saturated carbocycles. The first-order chi connectivity index (χ1) is 29.0. The molecule has 6 rings (SSSR count). The van der Waals surface area contributed by atoms with Crippen LogP contribution in [0.4, 0.5) is 23.8 Å². The number of nitrogens with zero attached hydrogens (tertiary/aromatic N) is 4. The summed E-state index contributed by atoms with van der Waals surface area (Å²) >= 11 is 0. The number of fused-ring (bicyclic) bond motifs is 3. The van der Waals surface area contributed by atoms with Crippen LogP contribution >= 0.6 is 0 Å². The van der Waals surface area contributed by atoms with E-state index >= 15 is 13.6 Å². The lowest BCUT2D eigenvalue weighted by Crippen LogP contribution is -2.66. The number of benzene rings is 1. The fraction of sp³-hybridized carbons (Fsp3) is 0.651. The SMILES string of the molecule is CCN(C)c1cc2cc(OC)ccc2c(O[C@@H]2C[C@H]3C(=O)N[C@]4(C(=O)NS(=O)(=O)C5(CF)CC5)C[C@H]4/C=C\CC[C@H](C)C[C@@H](C)[C@H](N(C(=O)O)C(C)(C)C(C)(F)F)C(=O)N3C2)n1. The molecule has 7 atom stereocenters. The fourth-order valence-corrected chi connectivity index (χ4v) is 10.2. The number of carboxylic acid groups (broad SMARTS) is 1. The van der Waals surface area contributed by atoms with E-state index in [2.05, 4.69) is 5.32 Å². The number of methoxy groups -OCH3 is 1. The zero-order chi connectivity index (χ0) is 45.7. The average Bonchev–Trinajstić information content (AvgIpc) is 4.11. The number of alkyl halides is 3. The van der Waals surface area contributed by atoms with Crippen LogP contribution in [0, 0.1) is 17.8 Å². The van der Waals surface area contributed by atoms with Crippen molar-refractivity contribution in [2.75, 3.05) is 38.8 Å². The third-order valence-electron chi connectivity index (χ3n) is 13.5. The third-order valence-corrected chi connectivity index (χ3v) is 15.6. The van der Waals surface area contributed by atoms with Gasteiger partial charge in [-0.3, -0.25) is 24.0 Å². The lowest BCUT2D eigenvalue weighted by Gasteiger charge is -2.47. The van der Waals surface area contributed by atoms with Gasteiger partial charge in [0.25, 0.3) is 11.8 Å². The number of carbonyl (C=O) groups excluding carboxylic acids is 3. The molecule has 62 heavy (non-hydrogen) atoms. The Bertz CT molecular complexity index is 2220. The molecule has 1 saturated heterocycles. The van der Waals surface area contributed by atoms with E-state index in [0.29, 0.717) is 53.5 Å². The van der Waals surface area contributed by atoms with Gasteiger partial charge >= 0.3 is 6.09 Å². The number of halogens is 3. The van der Waals surface area contributed by atoms with Crippen LogP contribution in [0.15, 0.2) is 36.4 Å². The van der Waals surface area contributed by atoms with E-state index in [1.54, 1.807) is 37.3 Å². The van der Waals surface area contributed by atoms with Crippen molar-refractivity contribution in [2.45, 2.75) is 126 Å². The molecule has 0 unspecified atom stereocenters. The maximum Gasteiger partial charge on any atom is 0.408 e. The second-order valence-electron chi connectivity index (χ2n) is 18.3. The van der Waals surface area contributed by atoms with Crippen molar-refractivity contribution < 1.29 is 55.3 Å². The van der Waals surface area contributed by atoms with Crippen molar-refractivity contribution >= 4 is 50.4 Å². The predicted molar refractivity (Wildman–Crippen MR) is 225 cm³/mol. The van der Waals surface area contributed by atoms with Gasteiger partial charge in [0.15, 0.2) is 0 Å². The van der Waals surface area contributed by atoms with Crippen molar-refractivity contribution in [3.63, 3.8) is 0 Å². The molecule has 3 N–H and O–H groups in total. The van der Waals surface area contributed by atoms with Crippen molar-refractivity contribution in [3.8, 4) is 11.6 Å². The Balaban J connectivity index is 1.45. The van der Waals surface area contributed by atoms with Gasteiger partial charge in [0.2, 0.25) is 27.7 Å². The van der Waals surface area contributed by atoms with Gasteiger partial charge in [0, 0.05) is 38.2 Å². The molecule has 2 aromatic rings. The second-order valence-corrected chi connectivity index (χ2v) is 20.3. The molecule has 4 amide bonds. The molecule has 2 aliphatic heterocycles. The van der Waals surface area contributed by atoms with E-state index in [-0.39, 0.29) is 50.4 Å². The molecule has 0 bridgehead atoms. The first kappa shape index (κ1) is 46.7. The number of hydrogen-bond donors (Lipinski definition) is 3. The van der Waals surface area contributed by atoms with E-state index in [0.717, 1.165) is 18.7 Å². The van der Waals surface area contributed by atoms with Crippen LogP contribution in [0.5, 0.6) is 11.6 Å². The molecule has 342 valence electrons. The zero-order valence-electron chi connectivity index (χ0n) is 36.5. The third kappa shape index (κ3) is 8.74. The van der Waals surface area contributed by atoms with Crippen LogP contribution in [0.1, 0.15) is 86.5 Å². The molecule has 1 aromatic carbocycles. The Morgan fingerprint density at radius 3 is 2.42 bits per heavy atom. The Labute approximate surface area is 360 Å². The number of amides is 4. The predicted octanol–water partition coefficient (Wildman–Crippen LogP) is 5.67. The monoisotopic (exact) mass is 892 g/mol. The number of aromatic nitrogens is 1. The molecule has 3 heterocycles. The maximum atomic E-state index is 15.5. The van der Waals surface area contributed by atoms with Gasteiger partial charge in [-0.2, -0.15) is 4.98 Å². The Kier molecular flexibility index (Phi) is 12.8. The molecule has 3 fully saturated rings. The Morgan fingerprint density at radius 1 is 1.13 bits per heavy atom. The van der Waals surface area contributed by atoms with E-state index < -0.39 is 92.3 Å². The highest BCUT2D eigenvalue weighted by atomic mass is 32.2. The molecular formula is C43H59F3N6O9S. The number of sulfonamides is 1. The van der Waals surface area contributed by atoms with Gasteiger partial charge < -0.3 is 29.7 Å². The van der Waals surface area contributed by atoms with E-state index in [1.165, 1.54) is 7.11 Å². The topological polar surface area (TPSA) is 188 Å². The van der Waals surface area contributed by atoms with E-state index in [9.17, 15) is 32.3 Å². The van der Waals surface area contributed by atoms with E-state index in [4.69, 9.17) is 14.5 Å². The number of carbonyl (C=O) groups is 4. The average molecular weight is 893 g/mol. The van der Waals surface area contributed by atoms with Gasteiger partial charge in [-0.05, 0) is 101 Å².